The number of urea groups is 1. The van der Waals surface area contributed by atoms with E-state index in [1.165, 1.54) is 17.0 Å². The van der Waals surface area contributed by atoms with Crippen LogP contribution in [0.1, 0.15) is 75.1 Å². The number of anilines is 2. The standard InChI is InChI=1S/C36H42FN5O4S/c1-23-8-13-28(14-9-23)39-34(45)42-22-29(43)20-32(42)33(44)40-31-19-27(12-15-30(31)37)36(17-16-24-10-11-24,41-47(46)35(2,3)4)26-7-5-6-25(18-26)21-38/h5-9,12-15,18-19,24,29,32,41,43H,10-11,16-17,20,22H2,1-4H3,(H,39,45)(H,40,44)/t29-,32-,36?,47-/m1/s1. The summed E-state index contributed by atoms with van der Waals surface area (Å²) in [6.07, 6.45) is 2.60. The number of hydrogen-bond donors (Lipinski definition) is 4. The molecule has 1 heterocycles. The summed E-state index contributed by atoms with van der Waals surface area (Å²) in [5, 5.41) is 25.6. The summed E-state index contributed by atoms with van der Waals surface area (Å²) >= 11 is -1.56. The van der Waals surface area contributed by atoms with Gasteiger partial charge < -0.3 is 25.2 Å². The number of halogens is 1. The van der Waals surface area contributed by atoms with E-state index in [-0.39, 0.29) is 18.7 Å². The van der Waals surface area contributed by atoms with Gasteiger partial charge in [-0.1, -0.05) is 48.7 Å². The first kappa shape index (κ1) is 34.4. The summed E-state index contributed by atoms with van der Waals surface area (Å²) in [7, 11) is 0. The summed E-state index contributed by atoms with van der Waals surface area (Å²) in [5.41, 5.74) is 2.09. The fraction of sp³-hybridized carbons (Fsp3) is 0.417. The lowest BCUT2D eigenvalue weighted by Gasteiger charge is -2.39. The summed E-state index contributed by atoms with van der Waals surface area (Å²) in [5.74, 6) is -0.808. The summed E-state index contributed by atoms with van der Waals surface area (Å²) < 4.78 is 32.0. The zero-order valence-corrected chi connectivity index (χ0v) is 28.0. The van der Waals surface area contributed by atoms with Gasteiger partial charge in [0.2, 0.25) is 5.91 Å². The highest BCUT2D eigenvalue weighted by Crippen LogP contribution is 2.43. The molecule has 1 saturated heterocycles. The van der Waals surface area contributed by atoms with Crippen molar-refractivity contribution in [2.24, 2.45) is 5.92 Å². The van der Waals surface area contributed by atoms with Crippen molar-refractivity contribution in [3.8, 4) is 6.07 Å². The van der Waals surface area contributed by atoms with E-state index in [1.807, 2.05) is 45.9 Å². The lowest BCUT2D eigenvalue weighted by Crippen LogP contribution is -2.52. The molecule has 0 bridgehead atoms. The van der Waals surface area contributed by atoms with Crippen LogP contribution in [0.15, 0.2) is 66.7 Å². The van der Waals surface area contributed by atoms with Crippen molar-refractivity contribution in [2.75, 3.05) is 17.2 Å². The van der Waals surface area contributed by atoms with Crippen LogP contribution in [-0.4, -0.2) is 49.9 Å². The predicted molar refractivity (Wildman–Crippen MR) is 181 cm³/mol. The second-order valence-electron chi connectivity index (χ2n) is 13.6. The second kappa shape index (κ2) is 14.0. The zero-order chi connectivity index (χ0) is 33.9. The molecule has 2 fully saturated rings. The maximum atomic E-state index is 15.5. The smallest absolute Gasteiger partial charge is 0.322 e. The van der Waals surface area contributed by atoms with Gasteiger partial charge in [0.25, 0.3) is 0 Å². The predicted octanol–water partition coefficient (Wildman–Crippen LogP) is 6.10. The number of likely N-dealkylation sites (tertiary alicyclic amines) is 1. The molecule has 4 atom stereocenters. The van der Waals surface area contributed by atoms with Crippen LogP contribution in [0.25, 0.3) is 0 Å². The van der Waals surface area contributed by atoms with Crippen LogP contribution in [0, 0.1) is 30.0 Å². The van der Waals surface area contributed by atoms with Crippen molar-refractivity contribution in [3.63, 3.8) is 0 Å². The van der Waals surface area contributed by atoms with E-state index in [4.69, 9.17) is 0 Å². The van der Waals surface area contributed by atoms with Crippen LogP contribution in [0.4, 0.5) is 20.6 Å². The number of rotatable bonds is 10. The molecule has 2 aliphatic rings. The molecule has 11 heteroatoms. The van der Waals surface area contributed by atoms with Gasteiger partial charge in [-0.25, -0.2) is 9.18 Å². The van der Waals surface area contributed by atoms with Crippen molar-refractivity contribution in [1.29, 1.82) is 5.26 Å². The highest BCUT2D eigenvalue weighted by Gasteiger charge is 2.44. The van der Waals surface area contributed by atoms with Crippen molar-refractivity contribution < 1.29 is 23.6 Å². The molecule has 1 aliphatic heterocycles. The third-order valence-electron chi connectivity index (χ3n) is 8.79. The number of nitriles is 1. The summed E-state index contributed by atoms with van der Waals surface area (Å²) in [4.78, 5) is 28.1. The molecular formula is C36H42FN5O4S. The largest absolute Gasteiger partial charge is 0.598 e. The molecule has 1 unspecified atom stereocenters. The Labute approximate surface area is 278 Å². The molecule has 4 N–H and O–H groups in total. The summed E-state index contributed by atoms with van der Waals surface area (Å²) in [6, 6.07) is 19.3. The normalized spacial score (nSPS) is 19.8. The molecule has 0 spiro atoms. The Kier molecular flexibility index (Phi) is 10.3. The number of benzene rings is 3. The Hall–Kier alpha value is -3.95. The Balaban J connectivity index is 1.48. The van der Waals surface area contributed by atoms with Crippen LogP contribution in [0.3, 0.4) is 0 Å². The van der Waals surface area contributed by atoms with E-state index >= 15 is 4.39 Å². The number of aryl methyl sites for hydroxylation is 1. The maximum absolute atomic E-state index is 15.5. The Morgan fingerprint density at radius 1 is 1.06 bits per heavy atom. The Morgan fingerprint density at radius 3 is 2.43 bits per heavy atom. The van der Waals surface area contributed by atoms with Gasteiger partial charge >= 0.3 is 6.03 Å². The van der Waals surface area contributed by atoms with E-state index in [2.05, 4.69) is 21.4 Å². The van der Waals surface area contributed by atoms with Gasteiger partial charge in [0.05, 0.1) is 23.4 Å². The number of aliphatic hydroxyl groups excluding tert-OH is 1. The van der Waals surface area contributed by atoms with Crippen LogP contribution in [-0.2, 0) is 21.7 Å². The number of β-amino-alcohol motifs (C(OH)–C–C–N with tert-alkyl or cyclic N) is 1. The highest BCUT2D eigenvalue weighted by atomic mass is 32.2. The van der Waals surface area contributed by atoms with Gasteiger partial charge in [0.15, 0.2) is 0 Å². The first-order chi connectivity index (χ1) is 22.3. The molecular weight excluding hydrogens is 617 g/mol. The number of nitrogens with one attached hydrogen (secondary N) is 3. The van der Waals surface area contributed by atoms with Crippen LogP contribution < -0.4 is 15.4 Å². The number of nitrogens with zero attached hydrogens (tertiary/aromatic N) is 2. The lowest BCUT2D eigenvalue weighted by atomic mass is 9.79. The molecule has 3 amide bonds. The van der Waals surface area contributed by atoms with Gasteiger partial charge in [0, 0.05) is 30.0 Å². The first-order valence-electron chi connectivity index (χ1n) is 15.9. The van der Waals surface area contributed by atoms with Crippen molar-refractivity contribution >= 4 is 34.7 Å². The van der Waals surface area contributed by atoms with Gasteiger partial charge in [-0.2, -0.15) is 5.26 Å². The number of aliphatic hydroxyl groups is 1. The molecule has 9 nitrogen and oxygen atoms in total. The minimum Gasteiger partial charge on any atom is -0.598 e. The van der Waals surface area contributed by atoms with Crippen LogP contribution in [0.5, 0.6) is 0 Å². The third kappa shape index (κ3) is 8.14. The minimum absolute atomic E-state index is 0.00708. The maximum Gasteiger partial charge on any atom is 0.322 e. The molecule has 5 rings (SSSR count). The number of carbonyl (C=O) groups excluding carboxylic acids is 2. The quantitative estimate of drug-likeness (QED) is 0.194. The average Bonchev–Trinajstić information content (AvgIpc) is 3.79. The minimum atomic E-state index is -1.56. The number of hydrogen-bond acceptors (Lipinski definition) is 6. The molecule has 1 aliphatic carbocycles. The second-order valence-corrected chi connectivity index (χ2v) is 15.6. The van der Waals surface area contributed by atoms with E-state index in [0.29, 0.717) is 34.7 Å². The highest BCUT2D eigenvalue weighted by molar-refractivity contribution is 7.90. The first-order valence-corrected chi connectivity index (χ1v) is 17.1. The monoisotopic (exact) mass is 659 g/mol. The van der Waals surface area contributed by atoms with Gasteiger partial charge in [-0.05, 0) is 94.0 Å². The van der Waals surface area contributed by atoms with E-state index in [1.54, 1.807) is 36.4 Å². The molecule has 0 aromatic heterocycles. The SMILES string of the molecule is Cc1ccc(NC(=O)N2C[C@H](O)C[C@@H]2C(=O)Nc2cc(C(CCC3CC3)(N[S@+]([O-])C(C)(C)C)c3cccc(C#N)c3)ccc2F)cc1. The van der Waals surface area contributed by atoms with E-state index in [0.717, 1.165) is 24.8 Å². The molecule has 3 aromatic rings. The lowest BCUT2D eigenvalue weighted by molar-refractivity contribution is -0.119. The van der Waals surface area contributed by atoms with Crippen LogP contribution >= 0.6 is 0 Å². The van der Waals surface area contributed by atoms with E-state index in [9.17, 15) is 24.5 Å². The Morgan fingerprint density at radius 2 is 1.77 bits per heavy atom. The molecule has 0 radical (unpaired) electrons. The average molecular weight is 660 g/mol. The van der Waals surface area contributed by atoms with E-state index < -0.39 is 51.5 Å². The zero-order valence-electron chi connectivity index (χ0n) is 27.2. The molecule has 248 valence electrons. The van der Waals surface area contributed by atoms with Crippen molar-refractivity contribution in [1.82, 2.24) is 9.62 Å². The number of amides is 3. The fourth-order valence-corrected chi connectivity index (χ4v) is 6.80. The third-order valence-corrected chi connectivity index (χ3v) is 10.4. The summed E-state index contributed by atoms with van der Waals surface area (Å²) in [6.45, 7) is 7.46. The van der Waals surface area contributed by atoms with Gasteiger partial charge in [0.1, 0.15) is 22.1 Å². The van der Waals surface area contributed by atoms with Crippen molar-refractivity contribution in [2.45, 2.75) is 82.2 Å². The topological polar surface area (TPSA) is 141 Å². The van der Waals surface area contributed by atoms with Gasteiger partial charge in [-0.3, -0.25) is 4.79 Å². The van der Waals surface area contributed by atoms with Gasteiger partial charge in [-0.15, -0.1) is 4.72 Å². The molecule has 47 heavy (non-hydrogen) atoms. The molecule has 3 aromatic carbocycles. The van der Waals surface area contributed by atoms with Crippen LogP contribution in [0.2, 0.25) is 0 Å². The Bertz CT molecular complexity index is 1650. The number of carbonyl (C=O) groups is 2. The fourth-order valence-electron chi connectivity index (χ4n) is 5.84. The van der Waals surface area contributed by atoms with Crippen molar-refractivity contribution in [3.05, 3.63) is 94.8 Å². The molecule has 1 saturated carbocycles.